The fourth-order valence-corrected chi connectivity index (χ4v) is 3.04. The van der Waals surface area contributed by atoms with Crippen LogP contribution in [0.4, 0.5) is 0 Å². The number of aromatic nitrogens is 1. The van der Waals surface area contributed by atoms with Gasteiger partial charge in [-0.25, -0.2) is 18.1 Å². The van der Waals surface area contributed by atoms with Crippen molar-refractivity contribution < 1.29 is 8.42 Å². The van der Waals surface area contributed by atoms with Crippen LogP contribution in [-0.2, 0) is 16.6 Å². The van der Waals surface area contributed by atoms with Gasteiger partial charge in [-0.1, -0.05) is 26.8 Å². The van der Waals surface area contributed by atoms with Crippen LogP contribution in [0.15, 0.2) is 23.4 Å². The molecule has 1 heterocycles. The molecule has 1 aromatic rings. The van der Waals surface area contributed by atoms with Crippen molar-refractivity contribution >= 4 is 10.0 Å². The highest BCUT2D eigenvalue weighted by atomic mass is 32.2. The summed E-state index contributed by atoms with van der Waals surface area (Å²) < 4.78 is 26.9. The molecule has 3 N–H and O–H groups in total. The van der Waals surface area contributed by atoms with E-state index in [9.17, 15) is 8.42 Å². The van der Waals surface area contributed by atoms with E-state index in [2.05, 4.69) is 9.71 Å². The lowest BCUT2D eigenvalue weighted by Crippen LogP contribution is -2.38. The number of nitrogens with two attached hydrogens (primary N) is 1. The predicted octanol–water partition coefficient (Wildman–Crippen LogP) is 1.25. The predicted molar refractivity (Wildman–Crippen MR) is 71.4 cm³/mol. The van der Waals surface area contributed by atoms with Gasteiger partial charge in [0.1, 0.15) is 0 Å². The number of nitrogens with one attached hydrogen (secondary N) is 1. The fourth-order valence-electron chi connectivity index (χ4n) is 1.64. The normalized spacial score (nSPS) is 13.8. The zero-order valence-electron chi connectivity index (χ0n) is 11.1. The first-order valence-electron chi connectivity index (χ1n) is 6.08. The van der Waals surface area contributed by atoms with Crippen molar-refractivity contribution in [3.63, 3.8) is 0 Å². The van der Waals surface area contributed by atoms with Crippen molar-refractivity contribution in [3.8, 4) is 0 Å². The van der Waals surface area contributed by atoms with Crippen LogP contribution in [0, 0.1) is 5.92 Å². The molecule has 0 aliphatic carbocycles. The van der Waals surface area contributed by atoms with Crippen LogP contribution in [-0.4, -0.2) is 19.4 Å². The van der Waals surface area contributed by atoms with Crippen molar-refractivity contribution in [3.05, 3.63) is 23.9 Å². The van der Waals surface area contributed by atoms with Gasteiger partial charge in [-0.2, -0.15) is 0 Å². The molecule has 0 amide bonds. The third-order valence-corrected chi connectivity index (χ3v) is 4.26. The third kappa shape index (κ3) is 3.76. The monoisotopic (exact) mass is 271 g/mol. The van der Waals surface area contributed by atoms with E-state index >= 15 is 0 Å². The molecule has 1 atom stereocenters. The molecule has 18 heavy (non-hydrogen) atoms. The standard InChI is InChI=1S/C12H21N3O2S/c1-4-11(9(2)3)15-18(16,17)12-6-5-10(7-13)8-14-12/h5-6,8-9,11,15H,4,7,13H2,1-3H3. The minimum absolute atomic E-state index is 0.0406. The average Bonchev–Trinajstić information content (AvgIpc) is 2.35. The van der Waals surface area contributed by atoms with Crippen molar-refractivity contribution in [2.75, 3.05) is 0 Å². The molecule has 0 radical (unpaired) electrons. The minimum atomic E-state index is -3.54. The average molecular weight is 271 g/mol. The van der Waals surface area contributed by atoms with Gasteiger partial charge in [0.15, 0.2) is 5.03 Å². The zero-order chi connectivity index (χ0) is 13.8. The molecule has 0 spiro atoms. The highest BCUT2D eigenvalue weighted by molar-refractivity contribution is 7.89. The smallest absolute Gasteiger partial charge is 0.258 e. The van der Waals surface area contributed by atoms with Gasteiger partial charge in [0.05, 0.1) is 0 Å². The molecule has 102 valence electrons. The van der Waals surface area contributed by atoms with E-state index < -0.39 is 10.0 Å². The maximum atomic E-state index is 12.1. The first kappa shape index (κ1) is 15.1. The number of rotatable bonds is 6. The van der Waals surface area contributed by atoms with E-state index in [-0.39, 0.29) is 17.0 Å². The van der Waals surface area contributed by atoms with Crippen LogP contribution in [0.2, 0.25) is 0 Å². The van der Waals surface area contributed by atoms with Gasteiger partial charge in [0, 0.05) is 18.8 Å². The lowest BCUT2D eigenvalue weighted by molar-refractivity contribution is 0.436. The van der Waals surface area contributed by atoms with E-state index in [1.54, 1.807) is 6.07 Å². The number of sulfonamides is 1. The Morgan fingerprint density at radius 2 is 2.06 bits per heavy atom. The number of pyridine rings is 1. The van der Waals surface area contributed by atoms with Gasteiger partial charge in [-0.05, 0) is 24.0 Å². The van der Waals surface area contributed by atoms with Crippen molar-refractivity contribution in [1.29, 1.82) is 0 Å². The van der Waals surface area contributed by atoms with E-state index in [0.717, 1.165) is 12.0 Å². The highest BCUT2D eigenvalue weighted by Gasteiger charge is 2.22. The molecule has 1 aromatic heterocycles. The van der Waals surface area contributed by atoms with Crippen LogP contribution in [0.1, 0.15) is 32.8 Å². The fraction of sp³-hybridized carbons (Fsp3) is 0.583. The summed E-state index contributed by atoms with van der Waals surface area (Å²) in [5.41, 5.74) is 6.26. The van der Waals surface area contributed by atoms with Gasteiger partial charge in [0.2, 0.25) is 0 Å². The summed E-state index contributed by atoms with van der Waals surface area (Å²) in [5, 5.41) is 0.0406. The molecule has 5 nitrogen and oxygen atoms in total. The molecule has 0 saturated heterocycles. The summed E-state index contributed by atoms with van der Waals surface area (Å²) in [6.45, 7) is 6.28. The van der Waals surface area contributed by atoms with Crippen LogP contribution in [0.3, 0.4) is 0 Å². The summed E-state index contributed by atoms with van der Waals surface area (Å²) in [6.07, 6.45) is 2.24. The molecule has 0 saturated carbocycles. The molecule has 0 bridgehead atoms. The molecule has 1 unspecified atom stereocenters. The topological polar surface area (TPSA) is 85.1 Å². The maximum absolute atomic E-state index is 12.1. The van der Waals surface area contributed by atoms with Crippen molar-refractivity contribution in [2.45, 2.75) is 44.8 Å². The highest BCUT2D eigenvalue weighted by Crippen LogP contribution is 2.12. The first-order chi connectivity index (χ1) is 8.40. The lowest BCUT2D eigenvalue weighted by Gasteiger charge is -2.20. The maximum Gasteiger partial charge on any atom is 0.258 e. The Kier molecular flexibility index (Phi) is 5.25. The minimum Gasteiger partial charge on any atom is -0.326 e. The summed E-state index contributed by atoms with van der Waals surface area (Å²) in [7, 11) is -3.54. The molecule has 0 fully saturated rings. The second kappa shape index (κ2) is 6.26. The van der Waals surface area contributed by atoms with E-state index in [1.165, 1.54) is 12.3 Å². The molecule has 0 aliphatic heterocycles. The number of hydrogen-bond donors (Lipinski definition) is 2. The number of hydrogen-bond acceptors (Lipinski definition) is 4. The Morgan fingerprint density at radius 1 is 1.39 bits per heavy atom. The quantitative estimate of drug-likeness (QED) is 0.815. The third-order valence-electron chi connectivity index (χ3n) is 2.86. The summed E-state index contributed by atoms with van der Waals surface area (Å²) in [6, 6.07) is 3.08. The van der Waals surface area contributed by atoms with Crippen molar-refractivity contribution in [2.24, 2.45) is 11.7 Å². The van der Waals surface area contributed by atoms with Gasteiger partial charge in [0.25, 0.3) is 10.0 Å². The van der Waals surface area contributed by atoms with E-state index in [4.69, 9.17) is 5.73 Å². The molecule has 1 rings (SSSR count). The summed E-state index contributed by atoms with van der Waals surface area (Å²) in [4.78, 5) is 3.94. The van der Waals surface area contributed by atoms with Crippen molar-refractivity contribution in [1.82, 2.24) is 9.71 Å². The molecule has 6 heteroatoms. The number of nitrogens with zero attached hydrogens (tertiary/aromatic N) is 1. The summed E-state index contributed by atoms with van der Waals surface area (Å²) in [5.74, 6) is 0.244. The van der Waals surface area contributed by atoms with Gasteiger partial charge >= 0.3 is 0 Å². The first-order valence-corrected chi connectivity index (χ1v) is 7.56. The Balaban J connectivity index is 2.91. The van der Waals surface area contributed by atoms with E-state index in [1.807, 2.05) is 20.8 Å². The SMILES string of the molecule is CCC(NS(=O)(=O)c1ccc(CN)cn1)C(C)C. The lowest BCUT2D eigenvalue weighted by atomic mass is 10.0. The Morgan fingerprint density at radius 3 is 2.44 bits per heavy atom. The van der Waals surface area contributed by atoms with Gasteiger partial charge < -0.3 is 5.73 Å². The Bertz CT molecular complexity index is 469. The van der Waals surface area contributed by atoms with E-state index in [0.29, 0.717) is 6.54 Å². The van der Waals surface area contributed by atoms with Crippen LogP contribution >= 0.6 is 0 Å². The molecule has 0 aromatic carbocycles. The van der Waals surface area contributed by atoms with Crippen LogP contribution in [0.25, 0.3) is 0 Å². The largest absolute Gasteiger partial charge is 0.326 e. The molecular weight excluding hydrogens is 250 g/mol. The second-order valence-corrected chi connectivity index (χ2v) is 6.25. The summed E-state index contributed by atoms with van der Waals surface area (Å²) >= 11 is 0. The molecule has 0 aliphatic rings. The van der Waals surface area contributed by atoms with Gasteiger partial charge in [-0.15, -0.1) is 0 Å². The van der Waals surface area contributed by atoms with Crippen LogP contribution < -0.4 is 10.5 Å². The van der Waals surface area contributed by atoms with Gasteiger partial charge in [-0.3, -0.25) is 0 Å². The zero-order valence-corrected chi connectivity index (χ0v) is 11.9. The molecular formula is C12H21N3O2S. The second-order valence-electron chi connectivity index (χ2n) is 4.59. The van der Waals surface area contributed by atoms with Crippen LogP contribution in [0.5, 0.6) is 0 Å². The Labute approximate surface area is 109 Å². The Hall–Kier alpha value is -0.980.